The molecule has 0 unspecified atom stereocenters. The summed E-state index contributed by atoms with van der Waals surface area (Å²) >= 11 is 0. The molecule has 0 spiro atoms. The first kappa shape index (κ1) is 14.8. The third-order valence-corrected chi connectivity index (χ3v) is 3.68. The van der Waals surface area contributed by atoms with E-state index in [0.717, 1.165) is 17.6 Å². The Morgan fingerprint density at radius 1 is 1.35 bits per heavy atom. The summed E-state index contributed by atoms with van der Waals surface area (Å²) in [6, 6.07) is 0.921. The van der Waals surface area contributed by atoms with Crippen molar-refractivity contribution in [1.82, 2.24) is 25.4 Å². The van der Waals surface area contributed by atoms with Crippen molar-refractivity contribution in [1.29, 1.82) is 0 Å². The molecule has 0 atom stereocenters. The summed E-state index contributed by atoms with van der Waals surface area (Å²) in [4.78, 5) is 4.64. The maximum Gasteiger partial charge on any atom is 0.192 e. The molecule has 1 saturated carbocycles. The van der Waals surface area contributed by atoms with Gasteiger partial charge < -0.3 is 15.2 Å². The van der Waals surface area contributed by atoms with Crippen LogP contribution in [0, 0.1) is 6.92 Å². The Bertz CT molecular complexity index is 456. The van der Waals surface area contributed by atoms with Gasteiger partial charge in [-0.05, 0) is 33.6 Å². The Morgan fingerprint density at radius 2 is 2.05 bits per heavy atom. The molecule has 0 aromatic carbocycles. The first-order valence-electron chi connectivity index (χ1n) is 7.48. The summed E-state index contributed by atoms with van der Waals surface area (Å²) in [5.41, 5.74) is 0. The standard InChI is InChI=1S/C14H26N6/c1-10(2)16-14(17-12-7-5-6-8-12)15-9-13-19-18-11(3)20(13)4/h10,12H,5-9H2,1-4H3,(H2,15,16,17). The van der Waals surface area contributed by atoms with Gasteiger partial charge in [0.15, 0.2) is 11.8 Å². The normalized spacial score (nSPS) is 16.9. The predicted molar refractivity (Wildman–Crippen MR) is 80.5 cm³/mol. The molecule has 112 valence electrons. The fraction of sp³-hybridized carbons (Fsp3) is 0.786. The summed E-state index contributed by atoms with van der Waals surface area (Å²) in [6.45, 7) is 6.74. The molecule has 1 heterocycles. The van der Waals surface area contributed by atoms with Crippen LogP contribution >= 0.6 is 0 Å². The lowest BCUT2D eigenvalue weighted by atomic mass is 10.2. The van der Waals surface area contributed by atoms with Gasteiger partial charge in [-0.3, -0.25) is 0 Å². The minimum absolute atomic E-state index is 0.365. The lowest BCUT2D eigenvalue weighted by molar-refractivity contribution is 0.596. The van der Waals surface area contributed by atoms with Gasteiger partial charge in [0.25, 0.3) is 0 Å². The second-order valence-corrected chi connectivity index (χ2v) is 5.81. The van der Waals surface area contributed by atoms with Gasteiger partial charge >= 0.3 is 0 Å². The van der Waals surface area contributed by atoms with E-state index >= 15 is 0 Å². The van der Waals surface area contributed by atoms with Crippen LogP contribution in [0.25, 0.3) is 0 Å². The lowest BCUT2D eigenvalue weighted by Crippen LogP contribution is -2.45. The number of nitrogens with zero attached hydrogens (tertiary/aromatic N) is 4. The van der Waals surface area contributed by atoms with Crippen molar-refractivity contribution in [2.75, 3.05) is 0 Å². The monoisotopic (exact) mass is 278 g/mol. The Kier molecular flexibility index (Phi) is 4.98. The quantitative estimate of drug-likeness (QED) is 0.647. The third-order valence-electron chi connectivity index (χ3n) is 3.68. The number of guanidine groups is 1. The molecule has 1 aliphatic rings. The predicted octanol–water partition coefficient (Wildman–Crippen LogP) is 1.51. The van der Waals surface area contributed by atoms with E-state index in [1.165, 1.54) is 25.7 Å². The molecule has 1 aromatic rings. The average molecular weight is 278 g/mol. The second kappa shape index (κ2) is 6.72. The lowest BCUT2D eigenvalue weighted by Gasteiger charge is -2.19. The molecule has 0 aliphatic heterocycles. The number of nitrogens with one attached hydrogen (secondary N) is 2. The zero-order valence-corrected chi connectivity index (χ0v) is 13.0. The summed E-state index contributed by atoms with van der Waals surface area (Å²) in [5, 5.41) is 15.1. The van der Waals surface area contributed by atoms with Crippen molar-refractivity contribution < 1.29 is 0 Å². The van der Waals surface area contributed by atoms with Gasteiger partial charge in [-0.15, -0.1) is 10.2 Å². The molecule has 6 heteroatoms. The van der Waals surface area contributed by atoms with Crippen molar-refractivity contribution >= 4 is 5.96 Å². The topological polar surface area (TPSA) is 67.1 Å². The van der Waals surface area contributed by atoms with Crippen LogP contribution in [0.4, 0.5) is 0 Å². The van der Waals surface area contributed by atoms with Gasteiger partial charge in [-0.2, -0.15) is 0 Å². The molecule has 1 fully saturated rings. The maximum atomic E-state index is 4.64. The van der Waals surface area contributed by atoms with Crippen molar-refractivity contribution in [2.24, 2.45) is 12.0 Å². The van der Waals surface area contributed by atoms with Crippen molar-refractivity contribution in [2.45, 2.75) is 65.1 Å². The zero-order valence-electron chi connectivity index (χ0n) is 13.0. The van der Waals surface area contributed by atoms with Crippen LogP contribution in [-0.4, -0.2) is 32.8 Å². The Morgan fingerprint density at radius 3 is 2.60 bits per heavy atom. The molecule has 1 aromatic heterocycles. The van der Waals surface area contributed by atoms with Crippen LogP contribution in [0.1, 0.15) is 51.2 Å². The van der Waals surface area contributed by atoms with E-state index in [1.54, 1.807) is 0 Å². The van der Waals surface area contributed by atoms with Gasteiger partial charge in [-0.25, -0.2) is 4.99 Å². The molecular weight excluding hydrogens is 252 g/mol. The molecule has 2 rings (SSSR count). The number of aryl methyl sites for hydroxylation is 1. The molecule has 20 heavy (non-hydrogen) atoms. The van der Waals surface area contributed by atoms with Crippen LogP contribution in [-0.2, 0) is 13.6 Å². The molecule has 2 N–H and O–H groups in total. The minimum atomic E-state index is 0.365. The summed E-state index contributed by atoms with van der Waals surface area (Å²) in [7, 11) is 1.97. The number of hydrogen-bond donors (Lipinski definition) is 2. The molecule has 1 aliphatic carbocycles. The van der Waals surface area contributed by atoms with E-state index in [4.69, 9.17) is 0 Å². The highest BCUT2D eigenvalue weighted by Gasteiger charge is 2.16. The zero-order chi connectivity index (χ0) is 14.5. The number of rotatable bonds is 4. The van der Waals surface area contributed by atoms with Gasteiger partial charge in [0.2, 0.25) is 0 Å². The smallest absolute Gasteiger partial charge is 0.192 e. The maximum absolute atomic E-state index is 4.64. The van der Waals surface area contributed by atoms with E-state index in [9.17, 15) is 0 Å². The molecule has 0 amide bonds. The Balaban J connectivity index is 2.00. The van der Waals surface area contributed by atoms with Crippen molar-refractivity contribution in [3.63, 3.8) is 0 Å². The minimum Gasteiger partial charge on any atom is -0.354 e. The highest BCUT2D eigenvalue weighted by Crippen LogP contribution is 2.17. The fourth-order valence-corrected chi connectivity index (χ4v) is 2.41. The van der Waals surface area contributed by atoms with E-state index < -0.39 is 0 Å². The van der Waals surface area contributed by atoms with E-state index in [2.05, 4.69) is 39.7 Å². The summed E-state index contributed by atoms with van der Waals surface area (Å²) in [5.74, 6) is 2.68. The largest absolute Gasteiger partial charge is 0.354 e. The Hall–Kier alpha value is -1.59. The first-order valence-corrected chi connectivity index (χ1v) is 7.48. The first-order chi connectivity index (χ1) is 9.56. The average Bonchev–Trinajstić information content (AvgIpc) is 2.99. The molecular formula is C14H26N6. The highest BCUT2D eigenvalue weighted by atomic mass is 15.3. The van der Waals surface area contributed by atoms with Crippen LogP contribution in [0.5, 0.6) is 0 Å². The number of hydrogen-bond acceptors (Lipinski definition) is 3. The molecule has 6 nitrogen and oxygen atoms in total. The fourth-order valence-electron chi connectivity index (χ4n) is 2.41. The second-order valence-electron chi connectivity index (χ2n) is 5.81. The van der Waals surface area contributed by atoms with Crippen molar-refractivity contribution in [3.05, 3.63) is 11.6 Å². The number of aliphatic imine (C=N–C) groups is 1. The van der Waals surface area contributed by atoms with Gasteiger partial charge in [-0.1, -0.05) is 12.8 Å². The van der Waals surface area contributed by atoms with E-state index in [1.807, 2.05) is 18.5 Å². The summed E-state index contributed by atoms with van der Waals surface area (Å²) in [6.07, 6.45) is 5.11. The molecule has 0 radical (unpaired) electrons. The van der Waals surface area contributed by atoms with E-state index in [0.29, 0.717) is 18.6 Å². The highest BCUT2D eigenvalue weighted by molar-refractivity contribution is 5.80. The van der Waals surface area contributed by atoms with Crippen molar-refractivity contribution in [3.8, 4) is 0 Å². The number of aromatic nitrogens is 3. The van der Waals surface area contributed by atoms with Gasteiger partial charge in [0.05, 0.1) is 0 Å². The van der Waals surface area contributed by atoms with Crippen LogP contribution in [0.15, 0.2) is 4.99 Å². The van der Waals surface area contributed by atoms with E-state index in [-0.39, 0.29) is 0 Å². The molecule has 0 bridgehead atoms. The third kappa shape index (κ3) is 3.95. The van der Waals surface area contributed by atoms with Crippen LogP contribution < -0.4 is 10.6 Å². The molecule has 0 saturated heterocycles. The van der Waals surface area contributed by atoms with Crippen LogP contribution in [0.2, 0.25) is 0 Å². The van der Waals surface area contributed by atoms with Gasteiger partial charge in [0, 0.05) is 19.1 Å². The Labute approximate surface area is 121 Å². The van der Waals surface area contributed by atoms with Gasteiger partial charge in [0.1, 0.15) is 12.4 Å². The SMILES string of the molecule is Cc1nnc(CN=C(NC(C)C)NC2CCCC2)n1C. The summed E-state index contributed by atoms with van der Waals surface area (Å²) < 4.78 is 1.98. The van der Waals surface area contributed by atoms with Crippen LogP contribution in [0.3, 0.4) is 0 Å².